The van der Waals surface area contributed by atoms with E-state index >= 15 is 0 Å². The second-order valence-electron chi connectivity index (χ2n) is 4.75. The topological polar surface area (TPSA) is 26.3 Å². The first kappa shape index (κ1) is 15.6. The van der Waals surface area contributed by atoms with Crippen molar-refractivity contribution in [2.45, 2.75) is 13.3 Å². The van der Waals surface area contributed by atoms with Gasteiger partial charge >= 0.3 is 0 Å². The van der Waals surface area contributed by atoms with Crippen LogP contribution in [0.3, 0.4) is 0 Å². The molecule has 0 bridgehead atoms. The lowest BCUT2D eigenvalue weighted by Gasteiger charge is -2.09. The van der Waals surface area contributed by atoms with Gasteiger partial charge in [-0.05, 0) is 36.8 Å². The quantitative estimate of drug-likeness (QED) is 0.538. The Morgan fingerprint density at radius 1 is 1.00 bits per heavy atom. The van der Waals surface area contributed by atoms with Crippen LogP contribution in [0.4, 0.5) is 0 Å². The Morgan fingerprint density at radius 2 is 1.71 bits per heavy atom. The van der Waals surface area contributed by atoms with Crippen LogP contribution in [-0.2, 0) is 6.42 Å². The number of rotatable bonds is 8. The molecule has 21 heavy (non-hydrogen) atoms. The lowest BCUT2D eigenvalue weighted by Crippen LogP contribution is -2.05. The highest BCUT2D eigenvalue weighted by molar-refractivity contribution is 7.99. The molecule has 0 heterocycles. The third-order valence-corrected chi connectivity index (χ3v) is 4.08. The van der Waals surface area contributed by atoms with Crippen LogP contribution in [0, 0.1) is 0 Å². The van der Waals surface area contributed by atoms with E-state index in [1.807, 2.05) is 36.0 Å². The zero-order valence-electron chi connectivity index (χ0n) is 12.2. The molecule has 0 saturated heterocycles. The van der Waals surface area contributed by atoms with Crippen molar-refractivity contribution >= 4 is 17.5 Å². The minimum Gasteiger partial charge on any atom is -0.492 e. The van der Waals surface area contributed by atoms with Crippen LogP contribution in [-0.4, -0.2) is 23.9 Å². The zero-order valence-corrected chi connectivity index (χ0v) is 13.1. The van der Waals surface area contributed by atoms with Gasteiger partial charge < -0.3 is 4.74 Å². The summed E-state index contributed by atoms with van der Waals surface area (Å²) in [7, 11) is 0. The highest BCUT2D eigenvalue weighted by atomic mass is 32.2. The highest BCUT2D eigenvalue weighted by Crippen LogP contribution is 2.18. The zero-order chi connectivity index (χ0) is 14.9. The van der Waals surface area contributed by atoms with Crippen molar-refractivity contribution in [1.82, 2.24) is 0 Å². The van der Waals surface area contributed by atoms with Crippen LogP contribution in [0.25, 0.3) is 0 Å². The van der Waals surface area contributed by atoms with E-state index in [1.165, 1.54) is 5.56 Å². The summed E-state index contributed by atoms with van der Waals surface area (Å²) < 4.78 is 5.71. The maximum absolute atomic E-state index is 11.5. The fourth-order valence-corrected chi connectivity index (χ4v) is 2.82. The van der Waals surface area contributed by atoms with E-state index in [9.17, 15) is 4.79 Å². The number of carbonyl (C=O) groups excluding carboxylic acids is 1. The number of ether oxygens (including phenoxy) is 1. The molecule has 0 aromatic heterocycles. The van der Waals surface area contributed by atoms with E-state index < -0.39 is 0 Å². The van der Waals surface area contributed by atoms with Gasteiger partial charge in [0.05, 0.1) is 12.2 Å². The van der Waals surface area contributed by atoms with Gasteiger partial charge in [-0.15, -0.1) is 0 Å². The van der Waals surface area contributed by atoms with Crippen molar-refractivity contribution in [3.8, 4) is 5.75 Å². The van der Waals surface area contributed by atoms with E-state index in [0.717, 1.165) is 17.9 Å². The van der Waals surface area contributed by atoms with Crippen LogP contribution in [0.15, 0.2) is 54.6 Å². The molecule has 110 valence electrons. The number of aryl methyl sites for hydroxylation is 1. The third kappa shape index (κ3) is 5.27. The summed E-state index contributed by atoms with van der Waals surface area (Å²) in [6.07, 6.45) is 1.08. The van der Waals surface area contributed by atoms with Crippen molar-refractivity contribution < 1.29 is 9.53 Å². The van der Waals surface area contributed by atoms with Gasteiger partial charge in [0.1, 0.15) is 5.75 Å². The molecule has 2 aromatic rings. The van der Waals surface area contributed by atoms with E-state index in [0.29, 0.717) is 17.9 Å². The molecule has 2 nitrogen and oxygen atoms in total. The number of carbonyl (C=O) groups is 1. The summed E-state index contributed by atoms with van der Waals surface area (Å²) >= 11 is 1.87. The van der Waals surface area contributed by atoms with Gasteiger partial charge in [-0.3, -0.25) is 4.79 Å². The first-order chi connectivity index (χ1) is 10.3. The SMILES string of the molecule is CC(=O)c1ccccc1OCCSCCc1ccccc1. The van der Waals surface area contributed by atoms with Crippen LogP contribution in [0.5, 0.6) is 5.75 Å². The summed E-state index contributed by atoms with van der Waals surface area (Å²) in [6.45, 7) is 2.19. The first-order valence-corrected chi connectivity index (χ1v) is 8.27. The molecule has 0 atom stereocenters. The number of hydrogen-bond donors (Lipinski definition) is 0. The fourth-order valence-electron chi connectivity index (χ4n) is 2.03. The van der Waals surface area contributed by atoms with Crippen LogP contribution in [0.2, 0.25) is 0 Å². The Labute approximate surface area is 130 Å². The molecule has 0 spiro atoms. The van der Waals surface area contributed by atoms with Gasteiger partial charge in [-0.25, -0.2) is 0 Å². The van der Waals surface area contributed by atoms with Gasteiger partial charge in [0.25, 0.3) is 0 Å². The van der Waals surface area contributed by atoms with Gasteiger partial charge in [0.2, 0.25) is 0 Å². The number of benzene rings is 2. The average molecular weight is 300 g/mol. The van der Waals surface area contributed by atoms with Crippen LogP contribution in [0.1, 0.15) is 22.8 Å². The van der Waals surface area contributed by atoms with Crippen molar-refractivity contribution in [3.63, 3.8) is 0 Å². The van der Waals surface area contributed by atoms with Crippen molar-refractivity contribution in [3.05, 3.63) is 65.7 Å². The summed E-state index contributed by atoms with van der Waals surface area (Å²) in [5, 5.41) is 0. The minimum atomic E-state index is 0.0438. The Morgan fingerprint density at radius 3 is 2.48 bits per heavy atom. The molecule has 0 radical (unpaired) electrons. The number of para-hydroxylation sites is 1. The van der Waals surface area contributed by atoms with E-state index in [1.54, 1.807) is 13.0 Å². The second kappa shape index (κ2) is 8.53. The second-order valence-corrected chi connectivity index (χ2v) is 5.97. The van der Waals surface area contributed by atoms with E-state index in [2.05, 4.69) is 24.3 Å². The number of thioether (sulfide) groups is 1. The largest absolute Gasteiger partial charge is 0.492 e. The Kier molecular flexibility index (Phi) is 6.35. The predicted octanol–water partition coefficient (Wildman–Crippen LogP) is 4.24. The average Bonchev–Trinajstić information content (AvgIpc) is 2.52. The molecule has 2 aromatic carbocycles. The number of hydrogen-bond acceptors (Lipinski definition) is 3. The van der Waals surface area contributed by atoms with Crippen molar-refractivity contribution in [2.24, 2.45) is 0 Å². The number of Topliss-reactive ketones (excluding diaryl/α,β-unsaturated/α-hetero) is 1. The highest BCUT2D eigenvalue weighted by Gasteiger charge is 2.06. The lowest BCUT2D eigenvalue weighted by molar-refractivity contribution is 0.101. The summed E-state index contributed by atoms with van der Waals surface area (Å²) in [4.78, 5) is 11.5. The predicted molar refractivity (Wildman–Crippen MR) is 89.4 cm³/mol. The summed E-state index contributed by atoms with van der Waals surface area (Å²) in [5.41, 5.74) is 2.03. The monoisotopic (exact) mass is 300 g/mol. The van der Waals surface area contributed by atoms with Gasteiger partial charge in [0, 0.05) is 5.75 Å². The Hall–Kier alpha value is -1.74. The van der Waals surface area contributed by atoms with Crippen molar-refractivity contribution in [1.29, 1.82) is 0 Å². The molecule has 0 fully saturated rings. The van der Waals surface area contributed by atoms with Gasteiger partial charge in [-0.2, -0.15) is 11.8 Å². The molecular formula is C18H20O2S. The molecule has 2 rings (SSSR count). The third-order valence-electron chi connectivity index (χ3n) is 3.13. The molecule has 0 aliphatic carbocycles. The molecule has 0 N–H and O–H groups in total. The van der Waals surface area contributed by atoms with Gasteiger partial charge in [0.15, 0.2) is 5.78 Å². The van der Waals surface area contributed by atoms with Crippen LogP contribution < -0.4 is 4.74 Å². The maximum Gasteiger partial charge on any atom is 0.163 e. The van der Waals surface area contributed by atoms with E-state index in [-0.39, 0.29) is 5.78 Å². The number of ketones is 1. The van der Waals surface area contributed by atoms with Gasteiger partial charge in [-0.1, -0.05) is 42.5 Å². The smallest absolute Gasteiger partial charge is 0.163 e. The van der Waals surface area contributed by atoms with Crippen LogP contribution >= 0.6 is 11.8 Å². The summed E-state index contributed by atoms with van der Waals surface area (Å²) in [6, 6.07) is 17.9. The standard InChI is InChI=1S/C18H20O2S/c1-15(19)17-9-5-6-10-18(17)20-12-14-21-13-11-16-7-3-2-4-8-16/h2-10H,11-14H2,1H3. The lowest BCUT2D eigenvalue weighted by atomic mass is 10.1. The normalized spacial score (nSPS) is 10.3. The van der Waals surface area contributed by atoms with Crippen molar-refractivity contribution in [2.75, 3.05) is 18.1 Å². The molecular weight excluding hydrogens is 280 g/mol. The molecule has 0 unspecified atom stereocenters. The maximum atomic E-state index is 11.5. The Bertz CT molecular complexity index is 566. The minimum absolute atomic E-state index is 0.0438. The fraction of sp³-hybridized carbons (Fsp3) is 0.278. The Balaban J connectivity index is 1.67. The van der Waals surface area contributed by atoms with E-state index in [4.69, 9.17) is 4.74 Å². The summed E-state index contributed by atoms with van der Waals surface area (Å²) in [5.74, 6) is 2.75. The molecule has 0 amide bonds. The molecule has 0 aliphatic heterocycles. The molecule has 3 heteroatoms. The first-order valence-electron chi connectivity index (χ1n) is 7.12. The molecule has 0 saturated carbocycles. The molecule has 0 aliphatic rings.